The van der Waals surface area contributed by atoms with E-state index in [4.69, 9.17) is 5.09 Å². The zero-order valence-corrected chi connectivity index (χ0v) is 23.0. The van der Waals surface area contributed by atoms with Crippen molar-refractivity contribution in [1.82, 2.24) is 0 Å². The number of rotatable bonds is 8. The van der Waals surface area contributed by atoms with Crippen molar-refractivity contribution in [3.05, 3.63) is 120 Å². The molecule has 0 saturated carbocycles. The van der Waals surface area contributed by atoms with Crippen LogP contribution in [0.25, 0.3) is 0 Å². The van der Waals surface area contributed by atoms with Crippen LogP contribution in [-0.2, 0) is 25.3 Å². The van der Waals surface area contributed by atoms with E-state index in [1.807, 2.05) is 13.8 Å². The third-order valence-electron chi connectivity index (χ3n) is 5.10. The fourth-order valence-corrected chi connectivity index (χ4v) is 17.9. The fourth-order valence-electron chi connectivity index (χ4n) is 3.24. The number of hydrogen-bond acceptors (Lipinski definition) is 6. The van der Waals surface area contributed by atoms with Gasteiger partial charge in [-0.2, -0.15) is 0 Å². The van der Waals surface area contributed by atoms with E-state index in [2.05, 4.69) is 0 Å². The van der Waals surface area contributed by atoms with Gasteiger partial charge in [0, 0.05) is 0 Å². The Morgan fingerprint density at radius 3 is 1.11 bits per heavy atom. The fraction of sp³-hybridized carbons (Fsp3) is 0.0769. The van der Waals surface area contributed by atoms with Crippen LogP contribution in [0.1, 0.15) is 11.1 Å². The van der Waals surface area contributed by atoms with Gasteiger partial charge in [0.2, 0.25) is 0 Å². The molecule has 0 atom stereocenters. The normalized spacial score (nSPS) is 12.9. The van der Waals surface area contributed by atoms with Crippen LogP contribution >= 0.6 is 0 Å². The summed E-state index contributed by atoms with van der Waals surface area (Å²) in [7, 11) is -8.79. The van der Waals surface area contributed by atoms with Gasteiger partial charge in [-0.05, 0) is 0 Å². The molecular formula is C26H24O6S2Te. The molecule has 4 aromatic carbocycles. The molecule has 0 unspecified atom stereocenters. The van der Waals surface area contributed by atoms with Crippen LogP contribution in [0.15, 0.2) is 119 Å². The molecule has 4 aromatic rings. The van der Waals surface area contributed by atoms with Gasteiger partial charge in [0.25, 0.3) is 0 Å². The second-order valence-electron chi connectivity index (χ2n) is 7.80. The minimum absolute atomic E-state index is 0.0815. The molecule has 0 fully saturated rings. The van der Waals surface area contributed by atoms with Gasteiger partial charge < -0.3 is 0 Å². The molecule has 182 valence electrons. The molecule has 0 saturated heterocycles. The second kappa shape index (κ2) is 10.2. The predicted octanol–water partition coefficient (Wildman–Crippen LogP) is 3.67. The first-order chi connectivity index (χ1) is 16.6. The molecule has 0 aliphatic heterocycles. The minimum atomic E-state index is -5.15. The first kappa shape index (κ1) is 25.6. The summed E-state index contributed by atoms with van der Waals surface area (Å²) in [6.45, 7) is 3.68. The molecule has 0 aliphatic rings. The van der Waals surface area contributed by atoms with Crippen molar-refractivity contribution >= 4 is 46.5 Å². The van der Waals surface area contributed by atoms with Crippen LogP contribution in [0.5, 0.6) is 0 Å². The summed E-state index contributed by atoms with van der Waals surface area (Å²) in [5, 5.41) is 0. The molecule has 0 radical (unpaired) electrons. The van der Waals surface area contributed by atoms with Crippen LogP contribution in [0.4, 0.5) is 0 Å². The van der Waals surface area contributed by atoms with E-state index in [1.165, 1.54) is 24.3 Å². The Kier molecular flexibility index (Phi) is 7.48. The molecule has 6 nitrogen and oxygen atoms in total. The van der Waals surface area contributed by atoms with Gasteiger partial charge in [-0.25, -0.2) is 0 Å². The van der Waals surface area contributed by atoms with Gasteiger partial charge in [-0.1, -0.05) is 0 Å². The Hall–Kier alpha value is -2.51. The number of benzene rings is 4. The first-order valence-electron chi connectivity index (χ1n) is 10.6. The van der Waals surface area contributed by atoms with Crippen LogP contribution in [0.3, 0.4) is 0 Å². The molecule has 35 heavy (non-hydrogen) atoms. The van der Waals surface area contributed by atoms with E-state index in [-0.39, 0.29) is 9.79 Å². The summed E-state index contributed by atoms with van der Waals surface area (Å²) in [5.41, 5.74) is 1.75. The van der Waals surface area contributed by atoms with E-state index >= 15 is 0 Å². The molecule has 0 aromatic heterocycles. The molecule has 9 heteroatoms. The van der Waals surface area contributed by atoms with Crippen molar-refractivity contribution in [2.24, 2.45) is 0 Å². The maximum atomic E-state index is 13.5. The van der Waals surface area contributed by atoms with Gasteiger partial charge in [-0.15, -0.1) is 0 Å². The van der Waals surface area contributed by atoms with Crippen molar-refractivity contribution in [3.63, 3.8) is 0 Å². The van der Waals surface area contributed by atoms with E-state index in [1.54, 1.807) is 84.9 Å². The summed E-state index contributed by atoms with van der Waals surface area (Å²) < 4.78 is 66.8. The van der Waals surface area contributed by atoms with E-state index < -0.39 is 39.2 Å². The topological polar surface area (TPSA) is 86.7 Å². The molecule has 0 bridgehead atoms. The summed E-state index contributed by atoms with van der Waals surface area (Å²) in [6.07, 6.45) is 0. The van der Waals surface area contributed by atoms with Crippen molar-refractivity contribution in [2.45, 2.75) is 23.6 Å². The first-order valence-corrected chi connectivity index (χ1v) is 17.7. The Labute approximate surface area is 211 Å². The Morgan fingerprint density at radius 2 is 0.800 bits per heavy atom. The summed E-state index contributed by atoms with van der Waals surface area (Å²) in [5.74, 6) is 0. The van der Waals surface area contributed by atoms with Crippen molar-refractivity contribution in [3.8, 4) is 0 Å². The zero-order chi connectivity index (χ0) is 25.1. The van der Waals surface area contributed by atoms with E-state index in [0.717, 1.165) is 11.1 Å². The average molecular weight is 624 g/mol. The van der Waals surface area contributed by atoms with Gasteiger partial charge >= 0.3 is 212 Å². The molecule has 0 aliphatic carbocycles. The SMILES string of the molecule is Cc1ccc(S(=O)(=O)O[Te](OS(=O)(=O)c2ccc(C)cc2)(c2ccccc2)c2ccccc2)cc1. The van der Waals surface area contributed by atoms with Gasteiger partial charge in [0.1, 0.15) is 0 Å². The monoisotopic (exact) mass is 626 g/mol. The average Bonchev–Trinajstić information content (AvgIpc) is 2.85. The van der Waals surface area contributed by atoms with E-state index in [0.29, 0.717) is 7.22 Å². The van der Waals surface area contributed by atoms with Crippen LogP contribution in [0.2, 0.25) is 0 Å². The van der Waals surface area contributed by atoms with Gasteiger partial charge in [-0.3, -0.25) is 0 Å². The predicted molar refractivity (Wildman–Crippen MR) is 137 cm³/mol. The molecule has 0 amide bonds. The third kappa shape index (κ3) is 5.67. The number of hydrogen-bond donors (Lipinski definition) is 0. The molecule has 0 spiro atoms. The summed E-state index contributed by atoms with van der Waals surface area (Å²) in [4.78, 5) is -0.163. The Bertz CT molecular complexity index is 1380. The number of aryl methyl sites for hydroxylation is 2. The summed E-state index contributed by atoms with van der Waals surface area (Å²) >= 11 is -5.15. The van der Waals surface area contributed by atoms with Crippen molar-refractivity contribution in [2.75, 3.05) is 0 Å². The molecule has 0 N–H and O–H groups in total. The quantitative estimate of drug-likeness (QED) is 0.279. The van der Waals surface area contributed by atoms with Crippen molar-refractivity contribution < 1.29 is 21.9 Å². The Morgan fingerprint density at radius 1 is 0.486 bits per heavy atom. The standard InChI is InChI=1S/C26H24O6S2Te/c1-21-13-17-23(18-14-21)33(27,28)31-35(25-9-5-3-6-10-25,26-11-7-4-8-12-26)32-34(29,30)24-19-15-22(2)16-20-24/h3-20H,1-2H3. The van der Waals surface area contributed by atoms with Crippen molar-refractivity contribution in [1.29, 1.82) is 0 Å². The maximum absolute atomic E-state index is 13.5. The molecule has 0 heterocycles. The van der Waals surface area contributed by atoms with Crippen LogP contribution < -0.4 is 7.22 Å². The Balaban J connectivity index is 1.94. The summed E-state index contributed by atoms with van der Waals surface area (Å²) in [6, 6.07) is 29.2. The molecular weight excluding hydrogens is 600 g/mol. The van der Waals surface area contributed by atoms with Gasteiger partial charge in [0.15, 0.2) is 0 Å². The van der Waals surface area contributed by atoms with E-state index in [9.17, 15) is 16.8 Å². The zero-order valence-electron chi connectivity index (χ0n) is 19.1. The van der Waals surface area contributed by atoms with Crippen LogP contribution in [-0.4, -0.2) is 35.8 Å². The van der Waals surface area contributed by atoms with Crippen LogP contribution in [0, 0.1) is 13.8 Å². The second-order valence-corrected chi connectivity index (χ2v) is 18.7. The molecule has 4 rings (SSSR count). The third-order valence-corrected chi connectivity index (χ3v) is 19.0. The van der Waals surface area contributed by atoms with Gasteiger partial charge in [0.05, 0.1) is 0 Å².